The van der Waals surface area contributed by atoms with Gasteiger partial charge < -0.3 is 5.32 Å². The van der Waals surface area contributed by atoms with Crippen molar-refractivity contribution in [1.29, 1.82) is 0 Å². The summed E-state index contributed by atoms with van der Waals surface area (Å²) in [5.41, 5.74) is -0.289. The van der Waals surface area contributed by atoms with E-state index in [-0.39, 0.29) is 17.6 Å². The number of nitrogens with one attached hydrogen (secondary N) is 1. The summed E-state index contributed by atoms with van der Waals surface area (Å²) in [5.74, 6) is -0.565. The highest BCUT2D eigenvalue weighted by atomic mass is 19.4. The average molecular weight is 389 g/mol. The quantitative estimate of drug-likeness (QED) is 0.744. The van der Waals surface area contributed by atoms with Gasteiger partial charge in [0.15, 0.2) is 0 Å². The van der Waals surface area contributed by atoms with Crippen molar-refractivity contribution in [2.75, 3.05) is 0 Å². The average Bonchev–Trinajstić information content (AvgIpc) is 2.64. The molecule has 1 N–H and O–H groups in total. The van der Waals surface area contributed by atoms with Crippen LogP contribution in [0.4, 0.5) is 13.2 Å². The van der Waals surface area contributed by atoms with Crippen LogP contribution in [0.3, 0.4) is 0 Å². The topological polar surface area (TPSA) is 64.0 Å². The number of halogens is 3. The van der Waals surface area contributed by atoms with Crippen LogP contribution in [0.15, 0.2) is 47.3 Å². The van der Waals surface area contributed by atoms with E-state index < -0.39 is 29.9 Å². The Morgan fingerprint density at radius 1 is 1.11 bits per heavy atom. The van der Waals surface area contributed by atoms with Gasteiger partial charge in [0.25, 0.3) is 5.56 Å². The van der Waals surface area contributed by atoms with Crippen molar-refractivity contribution >= 4 is 16.9 Å². The number of alkyl halides is 3. The molecule has 0 unspecified atom stereocenters. The third-order valence-electron chi connectivity index (χ3n) is 4.46. The van der Waals surface area contributed by atoms with Gasteiger partial charge in [0, 0.05) is 6.54 Å². The molecule has 0 fully saturated rings. The Hall–Kier alpha value is -3.16. The van der Waals surface area contributed by atoms with Crippen molar-refractivity contribution in [3.8, 4) is 0 Å². The van der Waals surface area contributed by atoms with Gasteiger partial charge in [-0.1, -0.05) is 30.3 Å². The van der Waals surface area contributed by atoms with Crippen molar-refractivity contribution in [3.05, 3.63) is 75.2 Å². The molecule has 0 saturated carbocycles. The second kappa shape index (κ2) is 7.46. The third kappa shape index (κ3) is 4.05. The molecule has 1 heterocycles. The number of hydrogen-bond acceptors (Lipinski definition) is 3. The van der Waals surface area contributed by atoms with Gasteiger partial charge in [-0.25, -0.2) is 4.98 Å². The molecule has 3 rings (SSSR count). The van der Waals surface area contributed by atoms with Gasteiger partial charge in [0.05, 0.1) is 11.0 Å². The zero-order chi connectivity index (χ0) is 20.5. The van der Waals surface area contributed by atoms with Crippen molar-refractivity contribution in [3.63, 3.8) is 0 Å². The monoisotopic (exact) mass is 389 g/mol. The van der Waals surface area contributed by atoms with Crippen LogP contribution >= 0.6 is 0 Å². The fourth-order valence-corrected chi connectivity index (χ4v) is 2.83. The lowest BCUT2D eigenvalue weighted by atomic mass is 10.1. The number of fused-ring (bicyclic) bond motifs is 1. The number of carbonyl (C=O) groups is 1. The Labute approximate surface area is 158 Å². The minimum atomic E-state index is -4.91. The zero-order valence-corrected chi connectivity index (χ0v) is 15.3. The maximum atomic E-state index is 13.3. The molecule has 1 amide bonds. The molecule has 28 heavy (non-hydrogen) atoms. The van der Waals surface area contributed by atoms with E-state index in [1.165, 1.54) is 6.07 Å². The van der Waals surface area contributed by atoms with E-state index in [4.69, 9.17) is 0 Å². The number of aromatic nitrogens is 2. The molecule has 0 aliphatic rings. The van der Waals surface area contributed by atoms with Crippen LogP contribution in [0.5, 0.6) is 0 Å². The summed E-state index contributed by atoms with van der Waals surface area (Å²) in [6.45, 7) is 3.19. The molecule has 146 valence electrons. The summed E-state index contributed by atoms with van der Waals surface area (Å²) in [6, 6.07) is 12.1. The molecule has 0 bridgehead atoms. The van der Waals surface area contributed by atoms with Gasteiger partial charge in [-0.3, -0.25) is 14.2 Å². The number of rotatable bonds is 4. The van der Waals surface area contributed by atoms with E-state index in [1.54, 1.807) is 19.9 Å². The van der Waals surface area contributed by atoms with Crippen LogP contribution in [0, 0.1) is 13.8 Å². The maximum absolute atomic E-state index is 13.3. The molecule has 0 radical (unpaired) electrons. The number of amides is 1. The second-order valence-corrected chi connectivity index (χ2v) is 6.54. The van der Waals surface area contributed by atoms with E-state index in [1.807, 2.05) is 30.3 Å². The van der Waals surface area contributed by atoms with Gasteiger partial charge in [0.2, 0.25) is 11.6 Å². The van der Waals surface area contributed by atoms with Crippen LogP contribution < -0.4 is 10.9 Å². The van der Waals surface area contributed by atoms with Crippen molar-refractivity contribution in [2.24, 2.45) is 0 Å². The van der Waals surface area contributed by atoms with Crippen molar-refractivity contribution < 1.29 is 18.0 Å². The fraction of sp³-hybridized carbons (Fsp3) is 0.250. The molecule has 0 aliphatic carbocycles. The van der Waals surface area contributed by atoms with Crippen LogP contribution in [-0.2, 0) is 24.1 Å². The first-order valence-electron chi connectivity index (χ1n) is 8.56. The predicted octanol–water partition coefficient (Wildman–Crippen LogP) is 3.35. The first-order valence-corrected chi connectivity index (χ1v) is 8.56. The minimum Gasteiger partial charge on any atom is -0.350 e. The summed E-state index contributed by atoms with van der Waals surface area (Å²) in [7, 11) is 0. The molecule has 0 saturated heterocycles. The molecule has 8 heteroatoms. The largest absolute Gasteiger partial charge is 0.438 e. The first-order chi connectivity index (χ1) is 13.2. The van der Waals surface area contributed by atoms with E-state index in [2.05, 4.69) is 10.3 Å². The lowest BCUT2D eigenvalue weighted by Crippen LogP contribution is -2.36. The van der Waals surface area contributed by atoms with Crippen LogP contribution in [0.25, 0.3) is 11.0 Å². The van der Waals surface area contributed by atoms with Gasteiger partial charge in [0.1, 0.15) is 6.54 Å². The number of aryl methyl sites for hydroxylation is 2. The Balaban J connectivity index is 2.00. The highest BCUT2D eigenvalue weighted by Crippen LogP contribution is 2.27. The molecule has 0 atom stereocenters. The molecule has 0 aliphatic heterocycles. The first kappa shape index (κ1) is 19.6. The van der Waals surface area contributed by atoms with Gasteiger partial charge in [-0.15, -0.1) is 0 Å². The number of nitrogens with zero attached hydrogens (tertiary/aromatic N) is 2. The van der Waals surface area contributed by atoms with Gasteiger partial charge in [-0.2, -0.15) is 13.2 Å². The lowest BCUT2D eigenvalue weighted by Gasteiger charge is -2.15. The van der Waals surface area contributed by atoms with E-state index in [9.17, 15) is 22.8 Å². The molecular formula is C20H18F3N3O2. The molecule has 5 nitrogen and oxygen atoms in total. The maximum Gasteiger partial charge on any atom is 0.438 e. The molecule has 2 aromatic carbocycles. The smallest absolute Gasteiger partial charge is 0.350 e. The summed E-state index contributed by atoms with van der Waals surface area (Å²) >= 11 is 0. The predicted molar refractivity (Wildman–Crippen MR) is 98.8 cm³/mol. The van der Waals surface area contributed by atoms with E-state index in [0.717, 1.165) is 21.3 Å². The molecular weight excluding hydrogens is 371 g/mol. The number of carbonyl (C=O) groups excluding carboxylic acids is 1. The van der Waals surface area contributed by atoms with E-state index in [0.29, 0.717) is 0 Å². The van der Waals surface area contributed by atoms with E-state index >= 15 is 0 Å². The zero-order valence-electron chi connectivity index (χ0n) is 15.3. The molecule has 3 aromatic rings. The summed E-state index contributed by atoms with van der Waals surface area (Å²) in [4.78, 5) is 28.3. The fourth-order valence-electron chi connectivity index (χ4n) is 2.83. The second-order valence-electron chi connectivity index (χ2n) is 6.54. The number of benzene rings is 2. The standard InChI is InChI=1S/C20H18F3N3O2/c1-12-8-15-16(9-13(12)2)26(19(28)18(25-15)20(21,22)23)11-17(27)24-10-14-6-4-3-5-7-14/h3-9H,10-11H2,1-2H3,(H,24,27). The third-order valence-corrected chi connectivity index (χ3v) is 4.46. The SMILES string of the molecule is Cc1cc2nc(C(F)(F)F)c(=O)n(CC(=O)NCc3ccccc3)c2cc1C. The van der Waals surface area contributed by atoms with Gasteiger partial charge in [-0.05, 0) is 42.7 Å². The normalized spacial score (nSPS) is 11.6. The summed E-state index contributed by atoms with van der Waals surface area (Å²) in [6.07, 6.45) is -4.91. The van der Waals surface area contributed by atoms with Crippen LogP contribution in [0.2, 0.25) is 0 Å². The molecule has 1 aromatic heterocycles. The van der Waals surface area contributed by atoms with Crippen LogP contribution in [-0.4, -0.2) is 15.5 Å². The summed E-state index contributed by atoms with van der Waals surface area (Å²) in [5, 5.41) is 2.62. The number of hydrogen-bond donors (Lipinski definition) is 1. The van der Waals surface area contributed by atoms with Crippen molar-refractivity contribution in [1.82, 2.24) is 14.9 Å². The van der Waals surface area contributed by atoms with Crippen LogP contribution in [0.1, 0.15) is 22.4 Å². The van der Waals surface area contributed by atoms with Crippen molar-refractivity contribution in [2.45, 2.75) is 33.1 Å². The molecule has 0 spiro atoms. The Morgan fingerprint density at radius 2 is 1.75 bits per heavy atom. The minimum absolute atomic E-state index is 0.0193. The Bertz CT molecular complexity index is 1090. The lowest BCUT2D eigenvalue weighted by molar-refractivity contribution is -0.142. The van der Waals surface area contributed by atoms with Gasteiger partial charge >= 0.3 is 6.18 Å². The Morgan fingerprint density at radius 3 is 2.39 bits per heavy atom. The summed E-state index contributed by atoms with van der Waals surface area (Å²) < 4.78 is 40.6. The Kier molecular flexibility index (Phi) is 5.22. The highest BCUT2D eigenvalue weighted by molar-refractivity contribution is 5.81. The highest BCUT2D eigenvalue weighted by Gasteiger charge is 2.37.